The van der Waals surface area contributed by atoms with Crippen LogP contribution in [0, 0.1) is 0 Å². The maximum absolute atomic E-state index is 11.7. The molecule has 0 bridgehead atoms. The van der Waals surface area contributed by atoms with Crippen LogP contribution in [0.1, 0.15) is 77.6 Å². The molecule has 0 radical (unpaired) electrons. The Morgan fingerprint density at radius 2 is 1.59 bits per heavy atom. The van der Waals surface area contributed by atoms with Crippen LogP contribution in [0.15, 0.2) is 12.2 Å². The molecule has 0 spiro atoms. The van der Waals surface area contributed by atoms with Gasteiger partial charge in [0.1, 0.15) is 0 Å². The molecule has 0 aromatic heterocycles. The molecule has 0 aromatic rings. The van der Waals surface area contributed by atoms with Gasteiger partial charge in [-0.3, -0.25) is 0 Å². The lowest BCUT2D eigenvalue weighted by Gasteiger charge is -2.13. The lowest BCUT2D eigenvalue weighted by molar-refractivity contribution is -0.140. The molecule has 1 unspecified atom stereocenters. The Morgan fingerprint density at radius 3 is 2.23 bits per heavy atom. The highest BCUT2D eigenvalue weighted by atomic mass is 16.5. The zero-order valence-corrected chi connectivity index (χ0v) is 14.2. The molecule has 0 aliphatic heterocycles. The van der Waals surface area contributed by atoms with Gasteiger partial charge in [0.25, 0.3) is 0 Å². The topological polar surface area (TPSA) is 66.8 Å². The van der Waals surface area contributed by atoms with E-state index in [1.54, 1.807) is 0 Å². The Balaban J connectivity index is 3.61. The van der Waals surface area contributed by atoms with Crippen LogP contribution in [-0.2, 0) is 9.53 Å². The van der Waals surface area contributed by atoms with Crippen molar-refractivity contribution >= 4 is 5.97 Å². The summed E-state index contributed by atoms with van der Waals surface area (Å²) in [7, 11) is 0. The van der Waals surface area contributed by atoms with E-state index in [4.69, 9.17) is 9.84 Å². The van der Waals surface area contributed by atoms with E-state index >= 15 is 0 Å². The minimum atomic E-state index is -0.791. The summed E-state index contributed by atoms with van der Waals surface area (Å²) < 4.78 is 5.12. The average Bonchev–Trinajstić information content (AvgIpc) is 2.52. The van der Waals surface area contributed by atoms with Crippen LogP contribution in [0.5, 0.6) is 0 Å². The number of aliphatic hydroxyl groups excluding tert-OH is 2. The summed E-state index contributed by atoms with van der Waals surface area (Å²) in [4.78, 5) is 11.7. The quantitative estimate of drug-likeness (QED) is 0.274. The van der Waals surface area contributed by atoms with Crippen LogP contribution in [0.3, 0.4) is 0 Å². The predicted molar refractivity (Wildman–Crippen MR) is 89.7 cm³/mol. The number of ether oxygens (including phenoxy) is 1. The second kappa shape index (κ2) is 15.0. The van der Waals surface area contributed by atoms with Crippen LogP contribution >= 0.6 is 0 Å². The van der Waals surface area contributed by atoms with Gasteiger partial charge in [0.15, 0.2) is 0 Å². The summed E-state index contributed by atoms with van der Waals surface area (Å²) in [6.07, 6.45) is 10.0. The number of unbranched alkanes of at least 4 members (excludes halogenated alkanes) is 8. The maximum Gasteiger partial charge on any atom is 0.336 e. The van der Waals surface area contributed by atoms with E-state index in [2.05, 4.69) is 13.5 Å². The molecule has 0 aliphatic rings. The third-order valence-corrected chi connectivity index (χ3v) is 3.78. The lowest BCUT2D eigenvalue weighted by atomic mass is 10.0. The molecular formula is C18H34O4. The van der Waals surface area contributed by atoms with Gasteiger partial charge in [-0.1, -0.05) is 64.9 Å². The lowest BCUT2D eigenvalue weighted by Crippen LogP contribution is -2.19. The first kappa shape index (κ1) is 21.1. The van der Waals surface area contributed by atoms with Gasteiger partial charge in [0, 0.05) is 6.61 Å². The Hall–Kier alpha value is -0.870. The summed E-state index contributed by atoms with van der Waals surface area (Å²) in [5, 5.41) is 18.6. The summed E-state index contributed by atoms with van der Waals surface area (Å²) in [6, 6.07) is 0. The SMILES string of the molecule is C=C(C(=O)OCCCCCC)C(O)CCCCCCCCO. The monoisotopic (exact) mass is 314 g/mol. The molecule has 22 heavy (non-hydrogen) atoms. The molecule has 0 fully saturated rings. The van der Waals surface area contributed by atoms with E-state index in [0.717, 1.165) is 64.2 Å². The molecular weight excluding hydrogens is 280 g/mol. The normalized spacial score (nSPS) is 12.1. The zero-order chi connectivity index (χ0) is 16.6. The Kier molecular flexibility index (Phi) is 14.4. The summed E-state index contributed by atoms with van der Waals surface area (Å²) in [6.45, 7) is 6.47. The van der Waals surface area contributed by atoms with Crippen LogP contribution < -0.4 is 0 Å². The smallest absolute Gasteiger partial charge is 0.336 e. The number of rotatable bonds is 15. The molecule has 2 N–H and O–H groups in total. The third kappa shape index (κ3) is 11.8. The molecule has 0 heterocycles. The molecule has 0 rings (SSSR count). The average molecular weight is 314 g/mol. The molecule has 0 aromatic carbocycles. The number of aliphatic hydroxyl groups is 2. The number of esters is 1. The van der Waals surface area contributed by atoms with Crippen molar-refractivity contribution < 1.29 is 19.7 Å². The molecule has 4 heteroatoms. The van der Waals surface area contributed by atoms with E-state index in [1.165, 1.54) is 0 Å². The largest absolute Gasteiger partial charge is 0.462 e. The Labute approximate surface area is 135 Å². The number of carbonyl (C=O) groups excluding carboxylic acids is 1. The Bertz CT molecular complexity index is 289. The summed E-state index contributed by atoms with van der Waals surface area (Å²) >= 11 is 0. The van der Waals surface area contributed by atoms with Crippen LogP contribution in [-0.4, -0.2) is 35.5 Å². The second-order valence-corrected chi connectivity index (χ2v) is 5.87. The number of carbonyl (C=O) groups is 1. The number of hydrogen-bond acceptors (Lipinski definition) is 4. The van der Waals surface area contributed by atoms with Gasteiger partial charge in [-0.05, 0) is 19.3 Å². The maximum atomic E-state index is 11.7. The van der Waals surface area contributed by atoms with E-state index in [-0.39, 0.29) is 12.2 Å². The van der Waals surface area contributed by atoms with Crippen molar-refractivity contribution in [2.45, 2.75) is 83.7 Å². The van der Waals surface area contributed by atoms with Crippen molar-refractivity contribution in [1.82, 2.24) is 0 Å². The summed E-state index contributed by atoms with van der Waals surface area (Å²) in [5.41, 5.74) is 0.177. The second-order valence-electron chi connectivity index (χ2n) is 5.87. The zero-order valence-electron chi connectivity index (χ0n) is 14.2. The fourth-order valence-electron chi connectivity index (χ4n) is 2.25. The van der Waals surface area contributed by atoms with Gasteiger partial charge in [-0.2, -0.15) is 0 Å². The first-order chi connectivity index (χ1) is 10.6. The molecule has 1 atom stereocenters. The fraction of sp³-hybridized carbons (Fsp3) is 0.833. The van der Waals surface area contributed by atoms with Gasteiger partial charge < -0.3 is 14.9 Å². The van der Waals surface area contributed by atoms with Gasteiger partial charge in [0.2, 0.25) is 0 Å². The van der Waals surface area contributed by atoms with Crippen molar-refractivity contribution in [1.29, 1.82) is 0 Å². The van der Waals surface area contributed by atoms with E-state index in [0.29, 0.717) is 13.0 Å². The van der Waals surface area contributed by atoms with Gasteiger partial charge in [0.05, 0.1) is 18.3 Å². The summed E-state index contributed by atoms with van der Waals surface area (Å²) in [5.74, 6) is -0.466. The van der Waals surface area contributed by atoms with E-state index in [9.17, 15) is 9.90 Å². The molecule has 4 nitrogen and oxygen atoms in total. The predicted octanol–water partition coefficient (Wildman–Crippen LogP) is 3.75. The van der Waals surface area contributed by atoms with Crippen LogP contribution in [0.2, 0.25) is 0 Å². The standard InChI is InChI=1S/C18H34O4/c1-3-4-5-12-15-22-18(21)16(2)17(20)13-10-8-6-7-9-11-14-19/h17,19-20H,2-15H2,1H3. The molecule has 0 saturated heterocycles. The first-order valence-corrected chi connectivity index (χ1v) is 8.78. The van der Waals surface area contributed by atoms with Crippen LogP contribution in [0.25, 0.3) is 0 Å². The molecule has 0 saturated carbocycles. The fourth-order valence-corrected chi connectivity index (χ4v) is 2.25. The van der Waals surface area contributed by atoms with E-state index < -0.39 is 12.1 Å². The highest BCUT2D eigenvalue weighted by Crippen LogP contribution is 2.13. The van der Waals surface area contributed by atoms with Crippen molar-refractivity contribution in [3.8, 4) is 0 Å². The van der Waals surface area contributed by atoms with Crippen molar-refractivity contribution in [3.05, 3.63) is 12.2 Å². The van der Waals surface area contributed by atoms with Crippen LogP contribution in [0.4, 0.5) is 0 Å². The highest BCUT2D eigenvalue weighted by molar-refractivity contribution is 5.88. The van der Waals surface area contributed by atoms with Gasteiger partial charge >= 0.3 is 5.97 Å². The molecule has 0 amide bonds. The van der Waals surface area contributed by atoms with Crippen molar-refractivity contribution in [2.75, 3.05) is 13.2 Å². The third-order valence-electron chi connectivity index (χ3n) is 3.78. The number of hydrogen-bond donors (Lipinski definition) is 2. The minimum Gasteiger partial charge on any atom is -0.462 e. The molecule has 130 valence electrons. The van der Waals surface area contributed by atoms with E-state index in [1.807, 2.05) is 0 Å². The highest BCUT2D eigenvalue weighted by Gasteiger charge is 2.17. The molecule has 0 aliphatic carbocycles. The Morgan fingerprint density at radius 1 is 1.00 bits per heavy atom. The van der Waals surface area contributed by atoms with Gasteiger partial charge in [-0.15, -0.1) is 0 Å². The van der Waals surface area contributed by atoms with Gasteiger partial charge in [-0.25, -0.2) is 4.79 Å². The van der Waals surface area contributed by atoms with Crippen molar-refractivity contribution in [2.24, 2.45) is 0 Å². The van der Waals surface area contributed by atoms with Crippen molar-refractivity contribution in [3.63, 3.8) is 0 Å². The minimum absolute atomic E-state index is 0.177. The first-order valence-electron chi connectivity index (χ1n) is 8.78.